The number of methoxy groups -OCH3 is 2. The van der Waals surface area contributed by atoms with Crippen LogP contribution < -0.4 is 67.8 Å². The third-order valence-corrected chi connectivity index (χ3v) is 21.3. The van der Waals surface area contributed by atoms with Crippen LogP contribution in [0, 0.1) is 0 Å². The Hall–Kier alpha value is -15.6. The number of nitrogens with zero attached hydrogens (tertiary/aromatic N) is 20. The van der Waals surface area contributed by atoms with E-state index in [1.54, 1.807) is 70.2 Å². The molecule has 4 saturated heterocycles. The number of hydrogen-bond donors (Lipinski definition) is 9. The summed E-state index contributed by atoms with van der Waals surface area (Å²) in [5.74, 6) is -8.02. The second-order valence-electron chi connectivity index (χ2n) is 31.3. The van der Waals surface area contributed by atoms with Crippen molar-refractivity contribution < 1.29 is 121 Å². The molecule has 0 unspecified atom stereocenters. The molecule has 4 aliphatic heterocycles. The van der Waals surface area contributed by atoms with E-state index in [2.05, 4.69) is 73.4 Å². The second-order valence-corrected chi connectivity index (χ2v) is 31.3. The molecular formula is C90H100F12N24O18. The number of aliphatic hydroxyl groups is 1. The zero-order chi connectivity index (χ0) is 105. The van der Waals surface area contributed by atoms with E-state index in [-0.39, 0.29) is 60.9 Å². The molecule has 0 amide bonds. The van der Waals surface area contributed by atoms with Gasteiger partial charge in [-0.15, -0.1) is 0 Å². The molecule has 0 bridgehead atoms. The molecule has 144 heavy (non-hydrogen) atoms. The molecule has 17 rings (SSSR count). The summed E-state index contributed by atoms with van der Waals surface area (Å²) in [7, 11) is 3.17. The van der Waals surface area contributed by atoms with Crippen LogP contribution in [0.4, 0.5) is 76.5 Å². The van der Waals surface area contributed by atoms with E-state index < -0.39 is 54.6 Å². The van der Waals surface area contributed by atoms with Crippen molar-refractivity contribution >= 4 is 104 Å². The van der Waals surface area contributed by atoms with Crippen molar-refractivity contribution in [2.45, 2.75) is 84.0 Å². The van der Waals surface area contributed by atoms with Crippen LogP contribution in [0.15, 0.2) is 190 Å². The van der Waals surface area contributed by atoms with Crippen LogP contribution in [0.1, 0.15) is 39.5 Å². The summed E-state index contributed by atoms with van der Waals surface area (Å²) in [5.41, 5.74) is 8.11. The predicted molar refractivity (Wildman–Crippen MR) is 497 cm³/mol. The Balaban J connectivity index is 0.000000181. The molecule has 0 aliphatic carbocycles. The van der Waals surface area contributed by atoms with Gasteiger partial charge in [-0.05, 0) is 41.3 Å². The highest BCUT2D eigenvalue weighted by molar-refractivity contribution is 5.96. The number of aromatic nitrogens is 16. The molecule has 0 saturated carbocycles. The molecule has 13 aromatic rings. The summed E-state index contributed by atoms with van der Waals surface area (Å²) in [6.45, 7) is 18.3. The number of imidazole rings is 4. The SMILES string of the molecule is CCOC(=O)Cn1ncc2nc(N3CCNCC3)n(Cc3ccccc3)c2c1=O.COCCn1ncc2nc(N3CCNCC3)n(Cc3ccccc3)c2c1=O.COc1cccc(C(=O)Cn2ncc3nc(N4CCNCC4)n(Cc4ccccc4)c3c2=O)c1.O=C(O)C(F)(F)F.O=C(O)C(F)(F)F.O=C(O)C(F)(F)F.O=C(O)C(F)(F)F.O=c1c2c(cnn1CCO)nc(N1CCNCC1)n2Cc1ccccc1. The van der Waals surface area contributed by atoms with Gasteiger partial charge in [0.05, 0.1) is 91.0 Å². The number of hydrogen-bond acceptors (Lipinski definition) is 30. The zero-order valence-electron chi connectivity index (χ0n) is 77.3. The lowest BCUT2D eigenvalue weighted by Gasteiger charge is -2.28. The standard InChI is InChI=1S/C25H26N6O3.C20H24N6O3.C19H24N6O2.C18H22N6O2.4C2HF3O2/c1-34-20-9-5-8-19(14-20)22(32)17-31-24(33)23-21(15-27-31)28-25(29-12-10-26-11-13-29)30(23)16-18-6-3-2-4-7-18;1-2-29-17(27)14-26-19(28)18-16(12-22-26)23-20(24-10-8-21-9-11-24)25(18)13-15-6-4-3-5-7-15;1-27-12-11-25-18(26)17-16(13-21-25)22-19(23-9-7-20-8-10-23)24(17)14-15-5-3-2-4-6-15;25-11-10-24-17(26)16-15(12-20-24)21-18(22-8-6-19-7-9-22)23(16)13-14-4-2-1-3-5-14;4*3-2(4,5)1(6)7/h2-9,14-15,26H,10-13,16-17H2,1H3;3-7,12,21H,2,8-11,13-14H2,1H3;2-6,13,20H,7-12,14H2,1H3;1-5,12,19,25H,6-11,13H2;4*(H,6,7). The molecular weight excluding hydrogens is 1930 g/mol. The number of carbonyl (C=O) groups excluding carboxylic acids is 2. The molecule has 4 aliphatic rings. The van der Waals surface area contributed by atoms with Gasteiger partial charge >= 0.3 is 54.6 Å². The van der Waals surface area contributed by atoms with Crippen LogP contribution in [0.3, 0.4) is 0 Å². The number of fused-ring (bicyclic) bond motifs is 4. The van der Waals surface area contributed by atoms with E-state index in [0.29, 0.717) is 94.8 Å². The number of aliphatic carboxylic acids is 4. The summed E-state index contributed by atoms with van der Waals surface area (Å²) in [6.07, 6.45) is -13.9. The highest BCUT2D eigenvalue weighted by Crippen LogP contribution is 2.29. The zero-order valence-corrected chi connectivity index (χ0v) is 77.3. The van der Waals surface area contributed by atoms with Gasteiger partial charge in [0, 0.05) is 117 Å². The summed E-state index contributed by atoms with van der Waals surface area (Å²) in [5, 5.41) is 67.9. The lowest BCUT2D eigenvalue weighted by molar-refractivity contribution is -0.193. The quantitative estimate of drug-likeness (QED) is 0.0195. The number of halogens is 12. The number of anilines is 4. The second kappa shape index (κ2) is 51.7. The largest absolute Gasteiger partial charge is 0.497 e. The van der Waals surface area contributed by atoms with Gasteiger partial charge < -0.3 is 98.9 Å². The number of esters is 1. The van der Waals surface area contributed by atoms with Crippen molar-refractivity contribution in [1.82, 2.24) is 98.6 Å². The van der Waals surface area contributed by atoms with Crippen molar-refractivity contribution in [3.05, 3.63) is 240 Å². The van der Waals surface area contributed by atoms with E-state index in [0.717, 1.165) is 155 Å². The van der Waals surface area contributed by atoms with Crippen molar-refractivity contribution in [3.63, 3.8) is 0 Å². The Bertz CT molecular complexity index is 6620. The van der Waals surface area contributed by atoms with Crippen LogP contribution in [0.2, 0.25) is 0 Å². The number of carboxylic acid groups (broad SMARTS) is 4. The minimum absolute atomic E-state index is 0.129. The van der Waals surface area contributed by atoms with Gasteiger partial charge in [0.1, 0.15) is 63.0 Å². The van der Waals surface area contributed by atoms with Gasteiger partial charge in [0.15, 0.2) is 5.78 Å². The summed E-state index contributed by atoms with van der Waals surface area (Å²) in [4.78, 5) is 141. The average molecular weight is 2030 g/mol. The van der Waals surface area contributed by atoms with Crippen LogP contribution in [0.5, 0.6) is 5.75 Å². The minimum Gasteiger partial charge on any atom is -0.497 e. The van der Waals surface area contributed by atoms with Crippen LogP contribution in [-0.4, -0.2) is 302 Å². The molecule has 54 heteroatoms. The third kappa shape index (κ3) is 30.7. The average Bonchev–Trinajstić information content (AvgIpc) is 1.60. The van der Waals surface area contributed by atoms with Crippen LogP contribution in [-0.2, 0) is 85.8 Å². The number of rotatable bonds is 24. The molecule has 12 heterocycles. The maximum absolute atomic E-state index is 13.6. The number of nitrogens with one attached hydrogen (secondary N) is 4. The highest BCUT2D eigenvalue weighted by atomic mass is 19.4. The number of ether oxygens (including phenoxy) is 3. The summed E-state index contributed by atoms with van der Waals surface area (Å²) in [6, 6.07) is 47.0. The number of Topliss-reactive ketones (excluding diaryl/α,β-unsaturated/α-hetero) is 1. The number of aliphatic hydroxyl groups excluding tert-OH is 1. The Labute approximate surface area is 807 Å². The van der Waals surface area contributed by atoms with Crippen LogP contribution >= 0.6 is 0 Å². The van der Waals surface area contributed by atoms with Crippen molar-refractivity contribution in [2.24, 2.45) is 0 Å². The normalized spacial score (nSPS) is 13.8. The molecule has 0 atom stereocenters. The molecule has 8 aromatic heterocycles. The Morgan fingerprint density at radius 2 is 0.632 bits per heavy atom. The molecule has 42 nitrogen and oxygen atoms in total. The number of alkyl halides is 12. The van der Waals surface area contributed by atoms with E-state index >= 15 is 0 Å². The van der Waals surface area contributed by atoms with Crippen molar-refractivity contribution in [3.8, 4) is 5.75 Å². The highest BCUT2D eigenvalue weighted by Gasteiger charge is 2.41. The number of benzene rings is 5. The first-order valence-electron chi connectivity index (χ1n) is 44.1. The smallest absolute Gasteiger partial charge is 0.490 e. The van der Waals surface area contributed by atoms with Crippen molar-refractivity contribution in [2.75, 3.05) is 158 Å². The monoisotopic (exact) mass is 2030 g/mol. The van der Waals surface area contributed by atoms with Gasteiger partial charge in [-0.2, -0.15) is 73.1 Å². The molecule has 0 spiro atoms. The first-order chi connectivity index (χ1) is 68.6. The lowest BCUT2D eigenvalue weighted by atomic mass is 10.1. The number of carboxylic acids is 4. The van der Waals surface area contributed by atoms with E-state index in [9.17, 15) is 86.6 Å². The third-order valence-electron chi connectivity index (χ3n) is 21.3. The maximum atomic E-state index is 13.6. The molecule has 5 aromatic carbocycles. The summed E-state index contributed by atoms with van der Waals surface area (Å²) >= 11 is 0. The molecule has 9 N–H and O–H groups in total. The number of piperazine rings is 4. The lowest BCUT2D eigenvalue weighted by Crippen LogP contribution is -2.44. The fourth-order valence-electron chi connectivity index (χ4n) is 14.6. The fraction of sp³-hybridized carbons (Fsp3) is 0.378. The Morgan fingerprint density at radius 3 is 0.889 bits per heavy atom. The molecule has 772 valence electrons. The van der Waals surface area contributed by atoms with E-state index in [1.165, 1.54) is 14.0 Å². The predicted octanol–water partition coefficient (Wildman–Crippen LogP) is 5.83. The van der Waals surface area contributed by atoms with Gasteiger partial charge in [-0.25, -0.2) is 57.8 Å². The van der Waals surface area contributed by atoms with Gasteiger partial charge in [0.2, 0.25) is 23.8 Å². The fourth-order valence-corrected chi connectivity index (χ4v) is 14.6. The minimum atomic E-state index is -5.08. The van der Waals surface area contributed by atoms with Gasteiger partial charge in [-0.1, -0.05) is 133 Å². The Morgan fingerprint density at radius 1 is 0.368 bits per heavy atom. The summed E-state index contributed by atoms with van der Waals surface area (Å²) < 4.78 is 155. The van der Waals surface area contributed by atoms with Crippen molar-refractivity contribution in [1.29, 1.82) is 0 Å². The molecule has 0 radical (unpaired) electrons. The van der Waals surface area contributed by atoms with Crippen LogP contribution in [0.25, 0.3) is 44.1 Å². The first-order valence-corrected chi connectivity index (χ1v) is 44.1. The van der Waals surface area contributed by atoms with E-state index in [1.807, 2.05) is 127 Å². The maximum Gasteiger partial charge on any atom is 0.490 e. The van der Waals surface area contributed by atoms with Gasteiger partial charge in [-0.3, -0.25) is 28.8 Å². The number of ketones is 1. The Kier molecular flexibility index (Phi) is 39.7. The first kappa shape index (κ1) is 110. The molecule has 4 fully saturated rings. The van der Waals surface area contributed by atoms with Gasteiger partial charge in [0.25, 0.3) is 22.2 Å². The topological polar surface area (TPSA) is 503 Å². The van der Waals surface area contributed by atoms with E-state index in [4.69, 9.17) is 73.8 Å². The number of carbonyl (C=O) groups is 6.